The van der Waals surface area contributed by atoms with Crippen LogP contribution in [-0.2, 0) is 0 Å². The van der Waals surface area contributed by atoms with Gasteiger partial charge in [-0.25, -0.2) is 0 Å². The van der Waals surface area contributed by atoms with Crippen LogP contribution in [0.15, 0.2) is 29.6 Å². The highest BCUT2D eigenvalue weighted by atomic mass is 35.5. The van der Waals surface area contributed by atoms with Crippen molar-refractivity contribution in [1.29, 1.82) is 0 Å². The van der Waals surface area contributed by atoms with E-state index in [1.165, 1.54) is 22.6 Å². The van der Waals surface area contributed by atoms with Gasteiger partial charge in [0.05, 0.1) is 10.4 Å². The minimum absolute atomic E-state index is 0.304. The van der Waals surface area contributed by atoms with Crippen molar-refractivity contribution in [3.63, 3.8) is 0 Å². The third-order valence-electron chi connectivity index (χ3n) is 3.78. The van der Waals surface area contributed by atoms with Gasteiger partial charge in [-0.1, -0.05) is 24.6 Å². The van der Waals surface area contributed by atoms with Crippen LogP contribution in [0.3, 0.4) is 0 Å². The van der Waals surface area contributed by atoms with Gasteiger partial charge in [0.15, 0.2) is 0 Å². The van der Waals surface area contributed by atoms with E-state index in [1.807, 2.05) is 17.4 Å². The van der Waals surface area contributed by atoms with Gasteiger partial charge >= 0.3 is 0 Å². The molecule has 2 unspecified atom stereocenters. The summed E-state index contributed by atoms with van der Waals surface area (Å²) in [6, 6.07) is 8.77. The fourth-order valence-electron chi connectivity index (χ4n) is 2.42. The topological polar surface area (TPSA) is 12.0 Å². The lowest BCUT2D eigenvalue weighted by molar-refractivity contribution is 0.445. The van der Waals surface area contributed by atoms with Gasteiger partial charge < -0.3 is 5.32 Å². The molecule has 0 spiro atoms. The summed E-state index contributed by atoms with van der Waals surface area (Å²) in [5.41, 5.74) is 0. The van der Waals surface area contributed by atoms with E-state index in [0.29, 0.717) is 6.04 Å². The Kier molecular flexibility index (Phi) is 4.27. The van der Waals surface area contributed by atoms with Crippen LogP contribution in [0.2, 0.25) is 4.34 Å². The molecule has 2 atom stereocenters. The van der Waals surface area contributed by atoms with E-state index in [-0.39, 0.29) is 0 Å². The molecule has 19 heavy (non-hydrogen) atoms. The van der Waals surface area contributed by atoms with Crippen LogP contribution in [0.5, 0.6) is 0 Å². The van der Waals surface area contributed by atoms with E-state index in [4.69, 9.17) is 11.6 Å². The Labute approximate surface area is 127 Å². The minimum Gasteiger partial charge on any atom is -0.305 e. The highest BCUT2D eigenvalue weighted by Gasteiger charge is 2.28. The normalized spacial score (nSPS) is 18.4. The van der Waals surface area contributed by atoms with Crippen molar-refractivity contribution in [2.75, 3.05) is 6.54 Å². The van der Waals surface area contributed by atoms with Gasteiger partial charge in [0.1, 0.15) is 0 Å². The monoisotopic (exact) mass is 311 g/mol. The zero-order valence-corrected chi connectivity index (χ0v) is 13.3. The van der Waals surface area contributed by atoms with Crippen molar-refractivity contribution >= 4 is 34.3 Å². The molecule has 1 aliphatic carbocycles. The number of nitrogens with one attached hydrogen (secondary N) is 1. The second-order valence-electron chi connectivity index (χ2n) is 5.31. The van der Waals surface area contributed by atoms with E-state index in [2.05, 4.69) is 35.8 Å². The molecule has 0 bridgehead atoms. The Morgan fingerprint density at radius 3 is 2.74 bits per heavy atom. The molecule has 2 aromatic rings. The molecule has 1 nitrogen and oxygen atoms in total. The fraction of sp³-hybridized carbons (Fsp3) is 0.467. The van der Waals surface area contributed by atoms with Crippen molar-refractivity contribution < 1.29 is 0 Å². The number of hydrogen-bond donors (Lipinski definition) is 1. The van der Waals surface area contributed by atoms with Crippen LogP contribution in [-0.4, -0.2) is 6.54 Å². The average molecular weight is 312 g/mol. The molecule has 0 radical (unpaired) electrons. The van der Waals surface area contributed by atoms with Crippen molar-refractivity contribution in [2.24, 2.45) is 11.8 Å². The largest absolute Gasteiger partial charge is 0.305 e. The van der Waals surface area contributed by atoms with Gasteiger partial charge in [0.2, 0.25) is 0 Å². The molecule has 1 fully saturated rings. The smallest absolute Gasteiger partial charge is 0.0931 e. The molecule has 1 aliphatic rings. The SMILES string of the molecule is CC(CNC(c1cccs1)c1ccc(Cl)s1)C1CC1. The molecule has 2 heterocycles. The molecule has 102 valence electrons. The van der Waals surface area contributed by atoms with E-state index >= 15 is 0 Å². The lowest BCUT2D eigenvalue weighted by Gasteiger charge is -2.19. The Hall–Kier alpha value is -0.350. The van der Waals surface area contributed by atoms with Gasteiger partial charge in [-0.15, -0.1) is 22.7 Å². The third kappa shape index (κ3) is 3.40. The Morgan fingerprint density at radius 2 is 2.16 bits per heavy atom. The van der Waals surface area contributed by atoms with Gasteiger partial charge in [0.25, 0.3) is 0 Å². The molecule has 0 aliphatic heterocycles. The maximum Gasteiger partial charge on any atom is 0.0931 e. The number of rotatable bonds is 6. The summed E-state index contributed by atoms with van der Waals surface area (Å²) in [4.78, 5) is 2.69. The lowest BCUT2D eigenvalue weighted by atomic mass is 10.1. The summed E-state index contributed by atoms with van der Waals surface area (Å²) >= 11 is 9.57. The summed E-state index contributed by atoms with van der Waals surface area (Å²) in [7, 11) is 0. The predicted molar refractivity (Wildman–Crippen MR) is 85.4 cm³/mol. The molecule has 1 N–H and O–H groups in total. The molecular weight excluding hydrogens is 294 g/mol. The van der Waals surface area contributed by atoms with Gasteiger partial charge in [-0.2, -0.15) is 0 Å². The summed E-state index contributed by atoms with van der Waals surface area (Å²) in [5.74, 6) is 1.72. The highest BCUT2D eigenvalue weighted by molar-refractivity contribution is 7.16. The minimum atomic E-state index is 0.304. The molecule has 0 aromatic carbocycles. The Bertz CT molecular complexity index is 516. The van der Waals surface area contributed by atoms with Crippen LogP contribution < -0.4 is 5.32 Å². The average Bonchev–Trinajstić information content (AvgIpc) is 2.95. The summed E-state index contributed by atoms with van der Waals surface area (Å²) in [6.07, 6.45) is 2.83. The van der Waals surface area contributed by atoms with Crippen LogP contribution in [0.25, 0.3) is 0 Å². The van der Waals surface area contributed by atoms with Crippen LogP contribution in [0, 0.1) is 11.8 Å². The predicted octanol–water partition coefficient (Wildman–Crippen LogP) is 5.19. The van der Waals surface area contributed by atoms with Crippen molar-refractivity contribution in [3.05, 3.63) is 43.7 Å². The van der Waals surface area contributed by atoms with E-state index in [9.17, 15) is 0 Å². The van der Waals surface area contributed by atoms with Gasteiger partial charge in [-0.05, 0) is 54.8 Å². The zero-order chi connectivity index (χ0) is 13.2. The van der Waals surface area contributed by atoms with E-state index in [0.717, 1.165) is 22.7 Å². The third-order valence-corrected chi connectivity index (χ3v) is 6.01. The van der Waals surface area contributed by atoms with E-state index < -0.39 is 0 Å². The maximum atomic E-state index is 6.08. The first-order valence-electron chi connectivity index (χ1n) is 6.76. The quantitative estimate of drug-likeness (QED) is 0.774. The van der Waals surface area contributed by atoms with Crippen LogP contribution in [0.4, 0.5) is 0 Å². The zero-order valence-electron chi connectivity index (χ0n) is 10.9. The maximum absolute atomic E-state index is 6.08. The molecule has 0 amide bonds. The molecule has 1 saturated carbocycles. The van der Waals surface area contributed by atoms with E-state index in [1.54, 1.807) is 11.3 Å². The molecule has 4 heteroatoms. The Morgan fingerprint density at radius 1 is 1.32 bits per heavy atom. The van der Waals surface area contributed by atoms with Crippen LogP contribution >= 0.6 is 34.3 Å². The molecular formula is C15H18ClNS2. The lowest BCUT2D eigenvalue weighted by Crippen LogP contribution is -2.26. The van der Waals surface area contributed by atoms with Crippen LogP contribution in [0.1, 0.15) is 35.6 Å². The Balaban J connectivity index is 1.72. The second kappa shape index (κ2) is 5.96. The number of hydrogen-bond acceptors (Lipinski definition) is 3. The summed E-state index contributed by atoms with van der Waals surface area (Å²) in [5, 5.41) is 5.88. The first kappa shape index (κ1) is 13.6. The summed E-state index contributed by atoms with van der Waals surface area (Å²) < 4.78 is 0.869. The van der Waals surface area contributed by atoms with Gasteiger partial charge in [-0.3, -0.25) is 0 Å². The highest BCUT2D eigenvalue weighted by Crippen LogP contribution is 2.37. The van der Waals surface area contributed by atoms with Crippen molar-refractivity contribution in [2.45, 2.75) is 25.8 Å². The van der Waals surface area contributed by atoms with Gasteiger partial charge in [0, 0.05) is 9.75 Å². The molecule has 3 rings (SSSR count). The first-order valence-corrected chi connectivity index (χ1v) is 8.83. The first-order chi connectivity index (χ1) is 9.24. The van der Waals surface area contributed by atoms with Crippen molar-refractivity contribution in [3.8, 4) is 0 Å². The fourth-order valence-corrected chi connectivity index (χ4v) is 4.46. The number of thiophene rings is 2. The molecule has 2 aromatic heterocycles. The summed E-state index contributed by atoms with van der Waals surface area (Å²) in [6.45, 7) is 3.44. The molecule has 0 saturated heterocycles. The van der Waals surface area contributed by atoms with Crippen molar-refractivity contribution in [1.82, 2.24) is 5.32 Å². The standard InChI is InChI=1S/C15H18ClNS2/c1-10(11-4-5-11)9-17-15(12-3-2-8-18-12)13-6-7-14(16)19-13/h2-3,6-8,10-11,15,17H,4-5,9H2,1H3. The number of halogens is 1. The second-order valence-corrected chi connectivity index (χ2v) is 8.04.